The Morgan fingerprint density at radius 1 is 0.964 bits per heavy atom. The monoisotopic (exact) mass is 398 g/mol. The molecule has 2 saturated heterocycles. The molecule has 0 aromatic heterocycles. The van der Waals surface area contributed by atoms with Gasteiger partial charge in [-0.2, -0.15) is 0 Å². The van der Waals surface area contributed by atoms with E-state index in [9.17, 15) is 9.59 Å². The molecule has 2 rings (SSSR count). The molecule has 2 fully saturated rings. The quantitative estimate of drug-likeness (QED) is 0.580. The number of esters is 2. The molecule has 5 atom stereocenters. The Kier molecular flexibility index (Phi) is 8.75. The van der Waals surface area contributed by atoms with Crippen LogP contribution in [-0.2, 0) is 28.5 Å². The maximum atomic E-state index is 12.6. The molecule has 162 valence electrons. The van der Waals surface area contributed by atoms with Crippen LogP contribution < -0.4 is 0 Å². The van der Waals surface area contributed by atoms with Crippen LogP contribution in [0.2, 0.25) is 0 Å². The summed E-state index contributed by atoms with van der Waals surface area (Å²) in [7, 11) is 0. The summed E-state index contributed by atoms with van der Waals surface area (Å²) in [6.45, 7) is 11.9. The van der Waals surface area contributed by atoms with Crippen molar-refractivity contribution in [3.05, 3.63) is 0 Å². The zero-order valence-corrected chi connectivity index (χ0v) is 18.2. The van der Waals surface area contributed by atoms with Crippen LogP contribution in [0.25, 0.3) is 0 Å². The topological polar surface area (TPSA) is 71.1 Å². The normalized spacial score (nSPS) is 29.8. The Morgan fingerprint density at radius 2 is 1.46 bits per heavy atom. The van der Waals surface area contributed by atoms with Gasteiger partial charge in [0.15, 0.2) is 0 Å². The van der Waals surface area contributed by atoms with E-state index < -0.39 is 5.41 Å². The maximum Gasteiger partial charge on any atom is 0.311 e. The largest absolute Gasteiger partial charge is 0.465 e. The third-order valence-corrected chi connectivity index (χ3v) is 5.87. The van der Waals surface area contributed by atoms with E-state index in [1.54, 1.807) is 0 Å². The van der Waals surface area contributed by atoms with Gasteiger partial charge in [-0.15, -0.1) is 0 Å². The van der Waals surface area contributed by atoms with Gasteiger partial charge in [-0.05, 0) is 71.6 Å². The van der Waals surface area contributed by atoms with Crippen molar-refractivity contribution in [1.29, 1.82) is 0 Å². The molecule has 2 aliphatic rings. The van der Waals surface area contributed by atoms with Crippen LogP contribution in [0.15, 0.2) is 0 Å². The van der Waals surface area contributed by atoms with Gasteiger partial charge in [-0.1, -0.05) is 6.92 Å². The molecule has 5 unspecified atom stereocenters. The Labute approximate surface area is 169 Å². The van der Waals surface area contributed by atoms with E-state index in [-0.39, 0.29) is 30.1 Å². The SMILES string of the molecule is CC1CC(COC(=O)C(C)CC(C)(C)C(=O)OCC2CCOC(C)C2)CCO1. The highest BCUT2D eigenvalue weighted by Crippen LogP contribution is 2.29. The Bertz CT molecular complexity index is 517. The minimum atomic E-state index is -0.720. The first-order chi connectivity index (χ1) is 13.2. The number of carbonyl (C=O) groups is 2. The van der Waals surface area contributed by atoms with Gasteiger partial charge in [-0.3, -0.25) is 9.59 Å². The molecule has 0 saturated carbocycles. The summed E-state index contributed by atoms with van der Waals surface area (Å²) in [6.07, 6.45) is 4.55. The molecule has 2 aliphatic heterocycles. The molecular formula is C22H38O6. The van der Waals surface area contributed by atoms with Crippen molar-refractivity contribution in [2.45, 2.75) is 78.9 Å². The molecule has 0 amide bonds. The minimum absolute atomic E-state index is 0.221. The summed E-state index contributed by atoms with van der Waals surface area (Å²) in [6, 6.07) is 0. The third kappa shape index (κ3) is 7.36. The summed E-state index contributed by atoms with van der Waals surface area (Å²) in [5.41, 5.74) is -0.720. The van der Waals surface area contributed by atoms with Crippen LogP contribution in [-0.4, -0.2) is 50.6 Å². The second kappa shape index (κ2) is 10.6. The minimum Gasteiger partial charge on any atom is -0.465 e. The number of hydrogen-bond donors (Lipinski definition) is 0. The highest BCUT2D eigenvalue weighted by Gasteiger charge is 2.35. The van der Waals surface area contributed by atoms with Crippen LogP contribution in [0.4, 0.5) is 0 Å². The van der Waals surface area contributed by atoms with E-state index in [2.05, 4.69) is 0 Å². The standard InChI is InChI=1S/C22H38O6/c1-15(20(23)27-13-18-6-8-25-16(2)10-18)12-22(4,5)21(24)28-14-19-7-9-26-17(3)11-19/h15-19H,6-14H2,1-5H3. The van der Waals surface area contributed by atoms with Crippen LogP contribution >= 0.6 is 0 Å². The lowest BCUT2D eigenvalue weighted by Gasteiger charge is -2.30. The van der Waals surface area contributed by atoms with Crippen molar-refractivity contribution in [1.82, 2.24) is 0 Å². The zero-order chi connectivity index (χ0) is 20.7. The number of rotatable bonds is 8. The molecule has 0 N–H and O–H groups in total. The average Bonchev–Trinajstić information content (AvgIpc) is 2.63. The molecule has 6 heteroatoms. The average molecular weight is 399 g/mol. The lowest BCUT2D eigenvalue weighted by Crippen LogP contribution is -2.34. The van der Waals surface area contributed by atoms with E-state index in [4.69, 9.17) is 18.9 Å². The van der Waals surface area contributed by atoms with Crippen LogP contribution in [0.3, 0.4) is 0 Å². The molecule has 2 heterocycles. The fraction of sp³-hybridized carbons (Fsp3) is 0.909. The molecule has 0 aromatic rings. The Balaban J connectivity index is 1.72. The number of ether oxygens (including phenoxy) is 4. The highest BCUT2D eigenvalue weighted by atomic mass is 16.5. The highest BCUT2D eigenvalue weighted by molar-refractivity contribution is 5.78. The van der Waals surface area contributed by atoms with Crippen LogP contribution in [0.1, 0.15) is 66.7 Å². The molecular weight excluding hydrogens is 360 g/mol. The molecule has 0 spiro atoms. The summed E-state index contributed by atoms with van der Waals surface area (Å²) in [4.78, 5) is 25.0. The van der Waals surface area contributed by atoms with Crippen molar-refractivity contribution in [2.75, 3.05) is 26.4 Å². The Morgan fingerprint density at radius 3 is 1.96 bits per heavy atom. The molecule has 0 aliphatic carbocycles. The molecule has 0 bridgehead atoms. The number of carbonyl (C=O) groups excluding carboxylic acids is 2. The van der Waals surface area contributed by atoms with Gasteiger partial charge in [0.25, 0.3) is 0 Å². The third-order valence-electron chi connectivity index (χ3n) is 5.87. The summed E-state index contributed by atoms with van der Waals surface area (Å²) < 4.78 is 22.2. The first-order valence-electron chi connectivity index (χ1n) is 10.7. The zero-order valence-electron chi connectivity index (χ0n) is 18.2. The van der Waals surface area contributed by atoms with Crippen molar-refractivity contribution in [3.63, 3.8) is 0 Å². The lowest BCUT2D eigenvalue weighted by atomic mass is 9.83. The summed E-state index contributed by atoms with van der Waals surface area (Å²) >= 11 is 0. The van der Waals surface area contributed by atoms with E-state index in [0.29, 0.717) is 31.5 Å². The van der Waals surface area contributed by atoms with Crippen molar-refractivity contribution in [3.8, 4) is 0 Å². The fourth-order valence-electron chi connectivity index (χ4n) is 4.15. The van der Waals surface area contributed by atoms with E-state index in [0.717, 1.165) is 38.9 Å². The van der Waals surface area contributed by atoms with Gasteiger partial charge in [0.1, 0.15) is 0 Å². The van der Waals surface area contributed by atoms with Gasteiger partial charge in [0.05, 0.1) is 36.8 Å². The van der Waals surface area contributed by atoms with E-state index in [1.807, 2.05) is 34.6 Å². The predicted molar refractivity (Wildman–Crippen MR) is 106 cm³/mol. The van der Waals surface area contributed by atoms with Gasteiger partial charge >= 0.3 is 11.9 Å². The van der Waals surface area contributed by atoms with Crippen molar-refractivity contribution in [2.24, 2.45) is 23.2 Å². The Hall–Kier alpha value is -1.14. The van der Waals surface area contributed by atoms with Crippen molar-refractivity contribution < 1.29 is 28.5 Å². The maximum absolute atomic E-state index is 12.6. The van der Waals surface area contributed by atoms with Gasteiger partial charge in [0, 0.05) is 13.2 Å². The van der Waals surface area contributed by atoms with Gasteiger partial charge in [-0.25, -0.2) is 0 Å². The van der Waals surface area contributed by atoms with E-state index in [1.165, 1.54) is 0 Å². The predicted octanol–water partition coefficient (Wildman–Crippen LogP) is 3.76. The van der Waals surface area contributed by atoms with Gasteiger partial charge in [0.2, 0.25) is 0 Å². The molecule has 6 nitrogen and oxygen atoms in total. The second-order valence-corrected chi connectivity index (χ2v) is 9.36. The first kappa shape index (κ1) is 23.1. The second-order valence-electron chi connectivity index (χ2n) is 9.36. The first-order valence-corrected chi connectivity index (χ1v) is 10.7. The lowest BCUT2D eigenvalue weighted by molar-refractivity contribution is -0.160. The van der Waals surface area contributed by atoms with Crippen LogP contribution in [0.5, 0.6) is 0 Å². The van der Waals surface area contributed by atoms with Crippen LogP contribution in [0, 0.1) is 23.2 Å². The smallest absolute Gasteiger partial charge is 0.311 e. The molecule has 0 aromatic carbocycles. The number of hydrogen-bond acceptors (Lipinski definition) is 6. The van der Waals surface area contributed by atoms with Crippen molar-refractivity contribution >= 4 is 11.9 Å². The summed E-state index contributed by atoms with van der Waals surface area (Å²) in [5.74, 6) is -0.113. The fourth-order valence-corrected chi connectivity index (χ4v) is 4.15. The molecule has 0 radical (unpaired) electrons. The molecule has 28 heavy (non-hydrogen) atoms. The van der Waals surface area contributed by atoms with Gasteiger partial charge < -0.3 is 18.9 Å². The summed E-state index contributed by atoms with van der Waals surface area (Å²) in [5, 5.41) is 0. The van der Waals surface area contributed by atoms with E-state index >= 15 is 0 Å².